The Hall–Kier alpha value is -2.14. The molecule has 0 radical (unpaired) electrons. The molecular weight excluding hydrogens is 268 g/mol. The highest BCUT2D eigenvalue weighted by atomic mass is 16.6. The first-order chi connectivity index (χ1) is 10.1. The van der Waals surface area contributed by atoms with Gasteiger partial charge in [-0.25, -0.2) is 0 Å². The third-order valence-corrected chi connectivity index (χ3v) is 3.30. The molecule has 1 aromatic heterocycles. The van der Waals surface area contributed by atoms with Gasteiger partial charge in [-0.2, -0.15) is 0 Å². The van der Waals surface area contributed by atoms with Crippen LogP contribution in [0.4, 0.5) is 5.88 Å². The lowest BCUT2D eigenvalue weighted by Crippen LogP contribution is -2.23. The molecule has 1 aromatic carbocycles. The summed E-state index contributed by atoms with van der Waals surface area (Å²) in [6, 6.07) is 11.3. The highest BCUT2D eigenvalue weighted by Gasteiger charge is 2.19. The number of benzene rings is 1. The zero-order valence-electron chi connectivity index (χ0n) is 12.3. The van der Waals surface area contributed by atoms with Gasteiger partial charge in [-0.1, -0.05) is 36.8 Å². The van der Waals surface area contributed by atoms with Gasteiger partial charge in [0.2, 0.25) is 0 Å². The lowest BCUT2D eigenvalue weighted by molar-refractivity contribution is -0.402. The number of aryl methyl sites for hydroxylation is 1. The monoisotopic (exact) mass is 288 g/mol. The van der Waals surface area contributed by atoms with Crippen molar-refractivity contribution in [2.75, 3.05) is 6.54 Å². The lowest BCUT2D eigenvalue weighted by atomic mass is 10.0. The molecule has 0 saturated carbocycles. The first-order valence-electron chi connectivity index (χ1n) is 7.13. The highest BCUT2D eigenvalue weighted by molar-refractivity contribution is 5.26. The Bertz CT molecular complexity index is 607. The summed E-state index contributed by atoms with van der Waals surface area (Å²) in [6.07, 6.45) is 1.74. The maximum absolute atomic E-state index is 10.7. The van der Waals surface area contributed by atoms with Crippen LogP contribution in [0.1, 0.15) is 36.3 Å². The van der Waals surface area contributed by atoms with E-state index in [9.17, 15) is 10.1 Å². The molecule has 5 heteroatoms. The highest BCUT2D eigenvalue weighted by Crippen LogP contribution is 2.24. The van der Waals surface area contributed by atoms with Gasteiger partial charge in [-0.3, -0.25) is 10.1 Å². The number of nitro groups is 1. The summed E-state index contributed by atoms with van der Waals surface area (Å²) >= 11 is 0. The third kappa shape index (κ3) is 4.16. The van der Waals surface area contributed by atoms with Gasteiger partial charge in [-0.05, 0) is 37.9 Å². The van der Waals surface area contributed by atoms with Gasteiger partial charge in [-0.15, -0.1) is 0 Å². The second-order valence-electron chi connectivity index (χ2n) is 5.13. The van der Waals surface area contributed by atoms with Crippen molar-refractivity contribution in [2.24, 2.45) is 0 Å². The predicted molar refractivity (Wildman–Crippen MR) is 81.3 cm³/mol. The van der Waals surface area contributed by atoms with E-state index in [0.29, 0.717) is 5.76 Å². The molecule has 0 fully saturated rings. The molecule has 0 bridgehead atoms. The molecule has 5 nitrogen and oxygen atoms in total. The molecule has 21 heavy (non-hydrogen) atoms. The number of hydrogen-bond donors (Lipinski definition) is 1. The number of rotatable bonds is 7. The smallest absolute Gasteiger partial charge is 0.404 e. The molecule has 0 spiro atoms. The van der Waals surface area contributed by atoms with Gasteiger partial charge in [0.05, 0.1) is 12.1 Å². The van der Waals surface area contributed by atoms with Crippen molar-refractivity contribution in [3.8, 4) is 0 Å². The molecule has 0 aliphatic rings. The van der Waals surface area contributed by atoms with Crippen LogP contribution in [0.15, 0.2) is 40.8 Å². The molecular formula is C16H20N2O3. The van der Waals surface area contributed by atoms with Gasteiger partial charge in [0.15, 0.2) is 0 Å². The second kappa shape index (κ2) is 7.04. The van der Waals surface area contributed by atoms with E-state index in [1.54, 1.807) is 6.07 Å². The van der Waals surface area contributed by atoms with Crippen LogP contribution in [-0.4, -0.2) is 11.5 Å². The summed E-state index contributed by atoms with van der Waals surface area (Å²) in [6.45, 7) is 4.97. The summed E-state index contributed by atoms with van der Waals surface area (Å²) in [5.74, 6) is 0.397. The summed E-state index contributed by atoms with van der Waals surface area (Å²) in [4.78, 5) is 10.2. The molecule has 1 N–H and O–H groups in total. The van der Waals surface area contributed by atoms with E-state index >= 15 is 0 Å². The van der Waals surface area contributed by atoms with Crippen molar-refractivity contribution in [1.82, 2.24) is 5.32 Å². The Morgan fingerprint density at radius 3 is 2.76 bits per heavy atom. The van der Waals surface area contributed by atoms with Crippen molar-refractivity contribution >= 4 is 5.88 Å². The fraction of sp³-hybridized carbons (Fsp3) is 0.375. The Balaban J connectivity index is 2.18. The molecule has 112 valence electrons. The zero-order chi connectivity index (χ0) is 15.2. The van der Waals surface area contributed by atoms with E-state index in [0.717, 1.165) is 19.4 Å². The molecule has 0 aliphatic carbocycles. The van der Waals surface area contributed by atoms with Crippen LogP contribution >= 0.6 is 0 Å². The molecule has 2 aromatic rings. The average molecular weight is 288 g/mol. The van der Waals surface area contributed by atoms with E-state index in [1.807, 2.05) is 6.07 Å². The SMILES string of the molecule is CCCNC(Cc1cccc(C)c1)c1ccc([N+](=O)[O-])o1. The molecule has 0 saturated heterocycles. The van der Waals surface area contributed by atoms with Gasteiger partial charge in [0, 0.05) is 0 Å². The number of nitrogens with one attached hydrogen (secondary N) is 1. The Labute approximate surface area is 124 Å². The maximum atomic E-state index is 10.7. The fourth-order valence-corrected chi connectivity index (χ4v) is 2.29. The van der Waals surface area contributed by atoms with Crippen LogP contribution < -0.4 is 5.32 Å². The zero-order valence-corrected chi connectivity index (χ0v) is 12.3. The third-order valence-electron chi connectivity index (χ3n) is 3.30. The van der Waals surface area contributed by atoms with Gasteiger partial charge < -0.3 is 9.73 Å². The summed E-state index contributed by atoms with van der Waals surface area (Å²) in [7, 11) is 0. The van der Waals surface area contributed by atoms with Crippen LogP contribution in [0.25, 0.3) is 0 Å². The van der Waals surface area contributed by atoms with Gasteiger partial charge in [0.25, 0.3) is 0 Å². The maximum Gasteiger partial charge on any atom is 0.433 e. The summed E-state index contributed by atoms with van der Waals surface area (Å²) in [5, 5.41) is 14.1. The molecule has 1 atom stereocenters. The van der Waals surface area contributed by atoms with E-state index in [2.05, 4.69) is 37.4 Å². The van der Waals surface area contributed by atoms with Crippen LogP contribution in [0.2, 0.25) is 0 Å². The molecule has 0 amide bonds. The van der Waals surface area contributed by atoms with E-state index in [-0.39, 0.29) is 11.9 Å². The Kier molecular flexibility index (Phi) is 5.11. The predicted octanol–water partition coefficient (Wildman–Crippen LogP) is 3.78. The van der Waals surface area contributed by atoms with Crippen molar-refractivity contribution in [3.63, 3.8) is 0 Å². The lowest BCUT2D eigenvalue weighted by Gasteiger charge is -2.16. The number of hydrogen-bond acceptors (Lipinski definition) is 4. The van der Waals surface area contributed by atoms with E-state index in [1.165, 1.54) is 17.2 Å². The Morgan fingerprint density at radius 2 is 2.14 bits per heavy atom. The first-order valence-corrected chi connectivity index (χ1v) is 7.13. The van der Waals surface area contributed by atoms with Crippen LogP contribution in [0.3, 0.4) is 0 Å². The van der Waals surface area contributed by atoms with Crippen LogP contribution in [0.5, 0.6) is 0 Å². The normalized spacial score (nSPS) is 12.3. The average Bonchev–Trinajstić information content (AvgIpc) is 2.93. The minimum absolute atomic E-state index is 0.0551. The molecule has 1 unspecified atom stereocenters. The van der Waals surface area contributed by atoms with Gasteiger partial charge >= 0.3 is 5.88 Å². The minimum atomic E-state index is -0.507. The second-order valence-corrected chi connectivity index (χ2v) is 5.13. The van der Waals surface area contributed by atoms with Crippen molar-refractivity contribution in [1.29, 1.82) is 0 Å². The Morgan fingerprint density at radius 1 is 1.33 bits per heavy atom. The van der Waals surface area contributed by atoms with Crippen molar-refractivity contribution in [2.45, 2.75) is 32.7 Å². The number of nitrogens with zero attached hydrogens (tertiary/aromatic N) is 1. The van der Waals surface area contributed by atoms with Crippen LogP contribution in [0, 0.1) is 17.0 Å². The quantitative estimate of drug-likeness (QED) is 0.622. The molecule has 2 rings (SSSR count). The minimum Gasteiger partial charge on any atom is -0.404 e. The fourth-order valence-electron chi connectivity index (χ4n) is 2.29. The first kappa shape index (κ1) is 15.3. The summed E-state index contributed by atoms with van der Waals surface area (Å²) < 4.78 is 5.35. The van der Waals surface area contributed by atoms with Crippen molar-refractivity contribution in [3.05, 3.63) is 63.4 Å². The summed E-state index contributed by atoms with van der Waals surface area (Å²) in [5.41, 5.74) is 2.38. The largest absolute Gasteiger partial charge is 0.433 e. The number of furan rings is 1. The van der Waals surface area contributed by atoms with Crippen LogP contribution in [-0.2, 0) is 6.42 Å². The van der Waals surface area contributed by atoms with E-state index < -0.39 is 4.92 Å². The van der Waals surface area contributed by atoms with E-state index in [4.69, 9.17) is 4.42 Å². The van der Waals surface area contributed by atoms with Gasteiger partial charge in [0.1, 0.15) is 10.7 Å². The molecule has 0 aliphatic heterocycles. The molecule has 1 heterocycles. The van der Waals surface area contributed by atoms with Crippen molar-refractivity contribution < 1.29 is 9.34 Å². The topological polar surface area (TPSA) is 68.3 Å². The standard InChI is InChI=1S/C16H20N2O3/c1-3-9-17-14(11-13-6-4-5-12(2)10-13)15-7-8-16(21-15)18(19)20/h4-8,10,14,17H,3,9,11H2,1-2H3.